The van der Waals surface area contributed by atoms with Gasteiger partial charge >= 0.3 is 6.18 Å². The van der Waals surface area contributed by atoms with Crippen LogP contribution >= 0.6 is 0 Å². The number of furan rings is 1. The highest BCUT2D eigenvalue weighted by molar-refractivity contribution is 6.02. The van der Waals surface area contributed by atoms with Crippen molar-refractivity contribution in [1.82, 2.24) is 9.78 Å². The molecule has 0 aliphatic heterocycles. The number of halogens is 3. The molecule has 6 nitrogen and oxygen atoms in total. The summed E-state index contributed by atoms with van der Waals surface area (Å²) in [5, 5.41) is 8.03. The van der Waals surface area contributed by atoms with Crippen LogP contribution < -0.4 is 10.1 Å². The average molecular weight is 415 g/mol. The Balaban J connectivity index is 1.38. The number of nitrogens with zero attached hydrogens (tertiary/aromatic N) is 2. The fourth-order valence-corrected chi connectivity index (χ4v) is 2.94. The quantitative estimate of drug-likeness (QED) is 0.480. The molecule has 0 bridgehead atoms. The summed E-state index contributed by atoms with van der Waals surface area (Å²) in [5.74, 6) is 0.529. The van der Waals surface area contributed by atoms with Gasteiger partial charge in [0.2, 0.25) is 0 Å². The van der Waals surface area contributed by atoms with Gasteiger partial charge in [0.05, 0.1) is 11.9 Å². The van der Waals surface area contributed by atoms with Crippen LogP contribution in [0.2, 0.25) is 0 Å². The van der Waals surface area contributed by atoms with Crippen LogP contribution in [0, 0.1) is 0 Å². The van der Waals surface area contributed by atoms with Gasteiger partial charge in [0.15, 0.2) is 5.76 Å². The lowest BCUT2D eigenvalue weighted by Crippen LogP contribution is -2.17. The summed E-state index contributed by atoms with van der Waals surface area (Å²) >= 11 is 0. The minimum atomic E-state index is -4.40. The number of carbonyl (C=O) groups excluding carboxylic acids is 1. The number of hydrogen-bond acceptors (Lipinski definition) is 4. The van der Waals surface area contributed by atoms with E-state index in [2.05, 4.69) is 10.4 Å². The van der Waals surface area contributed by atoms with Gasteiger partial charge in [-0.2, -0.15) is 18.3 Å². The molecule has 154 valence electrons. The maximum absolute atomic E-state index is 12.4. The molecule has 0 aliphatic rings. The molecule has 2 aromatic carbocycles. The first kappa shape index (κ1) is 19.6. The van der Waals surface area contributed by atoms with Crippen molar-refractivity contribution in [1.29, 1.82) is 0 Å². The highest BCUT2D eigenvalue weighted by Gasteiger charge is 2.28. The van der Waals surface area contributed by atoms with Gasteiger partial charge in [-0.3, -0.25) is 9.48 Å². The number of alkyl halides is 3. The van der Waals surface area contributed by atoms with E-state index in [-0.39, 0.29) is 18.1 Å². The zero-order chi connectivity index (χ0) is 21.1. The van der Waals surface area contributed by atoms with Crippen LogP contribution in [-0.4, -0.2) is 21.9 Å². The fourth-order valence-electron chi connectivity index (χ4n) is 2.94. The summed E-state index contributed by atoms with van der Waals surface area (Å²) in [5.41, 5.74) is 0.134. The molecule has 0 saturated carbocycles. The second-order valence-electron chi connectivity index (χ2n) is 6.53. The summed E-state index contributed by atoms with van der Waals surface area (Å²) in [6.45, 7) is -1.12. The predicted molar refractivity (Wildman–Crippen MR) is 103 cm³/mol. The van der Waals surface area contributed by atoms with Crippen LogP contribution in [0.15, 0.2) is 71.4 Å². The Morgan fingerprint density at radius 1 is 1.10 bits per heavy atom. The van der Waals surface area contributed by atoms with E-state index >= 15 is 0 Å². The van der Waals surface area contributed by atoms with Gasteiger partial charge in [-0.25, -0.2) is 0 Å². The van der Waals surface area contributed by atoms with E-state index < -0.39 is 18.6 Å². The molecule has 0 radical (unpaired) electrons. The molecule has 2 heterocycles. The van der Waals surface area contributed by atoms with Crippen molar-refractivity contribution in [3.8, 4) is 5.75 Å². The molecule has 0 aliphatic carbocycles. The van der Waals surface area contributed by atoms with E-state index in [4.69, 9.17) is 9.15 Å². The van der Waals surface area contributed by atoms with Gasteiger partial charge in [-0.15, -0.1) is 0 Å². The molecule has 0 spiro atoms. The molecule has 2 aromatic heterocycles. The third-order valence-corrected chi connectivity index (χ3v) is 4.24. The van der Waals surface area contributed by atoms with E-state index in [1.807, 2.05) is 42.5 Å². The minimum Gasteiger partial charge on any atom is -0.485 e. The molecule has 0 fully saturated rings. The molecular weight excluding hydrogens is 399 g/mol. The van der Waals surface area contributed by atoms with Crippen molar-refractivity contribution in [2.75, 3.05) is 5.32 Å². The molecule has 30 heavy (non-hydrogen) atoms. The lowest BCUT2D eigenvalue weighted by molar-refractivity contribution is -0.142. The number of rotatable bonds is 6. The van der Waals surface area contributed by atoms with Gasteiger partial charge in [-0.05, 0) is 23.6 Å². The fraction of sp³-hybridized carbons (Fsp3) is 0.143. The van der Waals surface area contributed by atoms with Crippen molar-refractivity contribution >= 4 is 22.4 Å². The van der Waals surface area contributed by atoms with Crippen LogP contribution in [0.5, 0.6) is 5.75 Å². The number of nitrogens with one attached hydrogen (secondary N) is 1. The van der Waals surface area contributed by atoms with Crippen LogP contribution in [0.1, 0.15) is 16.3 Å². The number of aromatic nitrogens is 2. The number of anilines is 1. The maximum Gasteiger partial charge on any atom is 0.408 e. The minimum absolute atomic E-state index is 0.00934. The van der Waals surface area contributed by atoms with Gasteiger partial charge in [-0.1, -0.05) is 36.4 Å². The standard InChI is InChI=1S/C21H16F3N3O3/c22-21(23,24)13-27-11-15(10-25-27)26-20(28)19-9-8-16(30-19)12-29-18-7-3-5-14-4-1-2-6-17(14)18/h1-11H,12-13H2,(H,26,28). The molecular formula is C21H16F3N3O3. The number of benzene rings is 2. The molecule has 0 saturated heterocycles. The first-order valence-corrected chi connectivity index (χ1v) is 8.97. The van der Waals surface area contributed by atoms with Crippen molar-refractivity contribution < 1.29 is 27.1 Å². The van der Waals surface area contributed by atoms with Gasteiger partial charge in [0.25, 0.3) is 5.91 Å². The van der Waals surface area contributed by atoms with Gasteiger partial charge < -0.3 is 14.5 Å². The lowest BCUT2D eigenvalue weighted by atomic mass is 10.1. The van der Waals surface area contributed by atoms with Crippen LogP contribution in [-0.2, 0) is 13.2 Å². The normalized spacial score (nSPS) is 11.6. The predicted octanol–water partition coefficient (Wildman–Crippen LogP) is 5.02. The highest BCUT2D eigenvalue weighted by atomic mass is 19.4. The summed E-state index contributed by atoms with van der Waals surface area (Å²) in [6, 6.07) is 16.6. The van der Waals surface area contributed by atoms with Gasteiger partial charge in [0.1, 0.15) is 24.7 Å². The van der Waals surface area contributed by atoms with Gasteiger partial charge in [0, 0.05) is 11.6 Å². The molecule has 0 atom stereocenters. The van der Waals surface area contributed by atoms with Crippen LogP contribution in [0.25, 0.3) is 10.8 Å². The Hall–Kier alpha value is -3.75. The Bertz CT molecular complexity index is 1180. The first-order valence-electron chi connectivity index (χ1n) is 8.97. The third-order valence-electron chi connectivity index (χ3n) is 4.24. The molecule has 0 unspecified atom stereocenters. The Morgan fingerprint density at radius 3 is 2.73 bits per heavy atom. The van der Waals surface area contributed by atoms with Crippen LogP contribution in [0.3, 0.4) is 0 Å². The summed E-state index contributed by atoms with van der Waals surface area (Å²) in [4.78, 5) is 12.3. The number of carbonyl (C=O) groups is 1. The molecule has 4 rings (SSSR count). The summed E-state index contributed by atoms with van der Waals surface area (Å²) < 4.78 is 49.2. The number of ether oxygens (including phenoxy) is 1. The Kier molecular flexibility index (Phi) is 5.18. The SMILES string of the molecule is O=C(Nc1cnn(CC(F)(F)F)c1)c1ccc(COc2cccc3ccccc23)o1. The molecule has 1 N–H and O–H groups in total. The maximum atomic E-state index is 12.4. The Labute approximate surface area is 168 Å². The highest BCUT2D eigenvalue weighted by Crippen LogP contribution is 2.26. The monoisotopic (exact) mass is 415 g/mol. The van der Waals surface area contributed by atoms with E-state index in [0.29, 0.717) is 16.2 Å². The topological polar surface area (TPSA) is 69.3 Å². The lowest BCUT2D eigenvalue weighted by Gasteiger charge is -2.08. The smallest absolute Gasteiger partial charge is 0.408 e. The second kappa shape index (κ2) is 7.94. The van der Waals surface area contributed by atoms with E-state index in [9.17, 15) is 18.0 Å². The first-order chi connectivity index (χ1) is 14.4. The largest absolute Gasteiger partial charge is 0.485 e. The van der Waals surface area contributed by atoms with E-state index in [0.717, 1.165) is 23.2 Å². The number of hydrogen-bond donors (Lipinski definition) is 1. The van der Waals surface area contributed by atoms with Crippen molar-refractivity contribution in [2.24, 2.45) is 0 Å². The molecule has 9 heteroatoms. The Morgan fingerprint density at radius 2 is 1.90 bits per heavy atom. The van der Waals surface area contributed by atoms with Crippen LogP contribution in [0.4, 0.5) is 18.9 Å². The van der Waals surface area contributed by atoms with Crippen molar-refractivity contribution in [3.63, 3.8) is 0 Å². The average Bonchev–Trinajstić information content (AvgIpc) is 3.34. The zero-order valence-corrected chi connectivity index (χ0v) is 15.5. The second-order valence-corrected chi connectivity index (χ2v) is 6.53. The van der Waals surface area contributed by atoms with Crippen molar-refractivity contribution in [3.05, 3.63) is 78.5 Å². The van der Waals surface area contributed by atoms with E-state index in [1.165, 1.54) is 6.07 Å². The summed E-state index contributed by atoms with van der Waals surface area (Å²) in [7, 11) is 0. The summed E-state index contributed by atoms with van der Waals surface area (Å²) in [6.07, 6.45) is -2.16. The molecule has 1 amide bonds. The van der Waals surface area contributed by atoms with E-state index in [1.54, 1.807) is 6.07 Å². The van der Waals surface area contributed by atoms with Crippen molar-refractivity contribution in [2.45, 2.75) is 19.3 Å². The number of amides is 1. The third kappa shape index (κ3) is 4.62. The zero-order valence-electron chi connectivity index (χ0n) is 15.5. The molecule has 4 aromatic rings. The number of fused-ring (bicyclic) bond motifs is 1.